The van der Waals surface area contributed by atoms with Gasteiger partial charge >= 0.3 is 0 Å². The van der Waals surface area contributed by atoms with Gasteiger partial charge in [-0.05, 0) is 98.1 Å². The van der Waals surface area contributed by atoms with Crippen molar-refractivity contribution < 1.29 is 20.1 Å². The average molecular weight is 428 g/mol. The average Bonchev–Trinajstić information content (AvgIpc) is 2.71. The van der Waals surface area contributed by atoms with Gasteiger partial charge in [-0.2, -0.15) is 0 Å². The van der Waals surface area contributed by atoms with Gasteiger partial charge in [-0.25, -0.2) is 0 Å². The van der Waals surface area contributed by atoms with E-state index in [2.05, 4.69) is 0 Å². The first-order chi connectivity index (χ1) is 15.3. The van der Waals surface area contributed by atoms with Gasteiger partial charge in [0, 0.05) is 11.8 Å². The van der Waals surface area contributed by atoms with Crippen LogP contribution < -0.4 is 9.64 Å². The number of phenols is 3. The minimum absolute atomic E-state index is 0.112. The number of benzene rings is 4. The molecule has 0 aliphatic heterocycles. The maximum Gasteiger partial charge on any atom is 0.139 e. The second-order valence-electron chi connectivity index (χ2n) is 7.92. The second kappa shape index (κ2) is 8.55. The molecule has 0 atom stereocenters. The molecule has 5 nitrogen and oxygen atoms in total. The highest BCUT2D eigenvalue weighted by molar-refractivity contribution is 5.83. The van der Waals surface area contributed by atoms with Crippen LogP contribution in [0.5, 0.6) is 28.7 Å². The third kappa shape index (κ3) is 4.47. The van der Waals surface area contributed by atoms with E-state index in [0.717, 1.165) is 22.4 Å². The van der Waals surface area contributed by atoms with Crippen LogP contribution in [0.25, 0.3) is 0 Å². The topological polar surface area (TPSA) is 73.2 Å². The van der Waals surface area contributed by atoms with Gasteiger partial charge in [-0.1, -0.05) is 12.1 Å². The highest BCUT2D eigenvalue weighted by Gasteiger charge is 2.19. The van der Waals surface area contributed by atoms with Crippen molar-refractivity contribution in [1.29, 1.82) is 0 Å². The summed E-state index contributed by atoms with van der Waals surface area (Å²) in [5.41, 5.74) is 4.60. The van der Waals surface area contributed by atoms with Crippen molar-refractivity contribution in [2.75, 3.05) is 4.90 Å². The number of hydrogen-bond donors (Lipinski definition) is 3. The molecule has 4 rings (SSSR count). The zero-order chi connectivity index (χ0) is 22.8. The number of phenolic OH excluding ortho intramolecular Hbond substituents is 3. The van der Waals surface area contributed by atoms with Crippen molar-refractivity contribution in [2.45, 2.75) is 20.8 Å². The Morgan fingerprint density at radius 3 is 1.62 bits per heavy atom. The highest BCUT2D eigenvalue weighted by atomic mass is 16.5. The van der Waals surface area contributed by atoms with Crippen LogP contribution in [0.4, 0.5) is 17.1 Å². The van der Waals surface area contributed by atoms with E-state index in [1.807, 2.05) is 63.2 Å². The summed E-state index contributed by atoms with van der Waals surface area (Å²) in [7, 11) is 0. The second-order valence-corrected chi connectivity index (χ2v) is 7.92. The summed E-state index contributed by atoms with van der Waals surface area (Å²) in [6, 6.07) is 23.2. The molecule has 0 saturated heterocycles. The van der Waals surface area contributed by atoms with Crippen LogP contribution in [0.3, 0.4) is 0 Å². The van der Waals surface area contributed by atoms with Crippen molar-refractivity contribution in [3.05, 3.63) is 95.6 Å². The molecule has 0 aliphatic rings. The zero-order valence-corrected chi connectivity index (χ0v) is 18.2. The lowest BCUT2D eigenvalue weighted by molar-refractivity contribution is 0.454. The van der Waals surface area contributed by atoms with Crippen molar-refractivity contribution >= 4 is 17.1 Å². The monoisotopic (exact) mass is 427 g/mol. The SMILES string of the molecule is Cc1cc(O)cc(Oc2ccc(N(c3ccc(C)cc3O)c3ccc(C)cc3O)cc2)c1. The normalized spacial score (nSPS) is 10.7. The Labute approximate surface area is 187 Å². The van der Waals surface area contributed by atoms with Gasteiger partial charge in [0.25, 0.3) is 0 Å². The number of rotatable bonds is 5. The minimum Gasteiger partial charge on any atom is -0.508 e. The molecule has 0 aromatic heterocycles. The summed E-state index contributed by atoms with van der Waals surface area (Å²) in [5.74, 6) is 1.51. The summed E-state index contributed by atoms with van der Waals surface area (Å²) in [6.45, 7) is 5.70. The lowest BCUT2D eigenvalue weighted by atomic mass is 10.1. The Hall–Kier alpha value is -4.12. The maximum absolute atomic E-state index is 10.7. The Morgan fingerprint density at radius 2 is 1.12 bits per heavy atom. The molecular formula is C27H25NO4. The molecular weight excluding hydrogens is 402 g/mol. The van der Waals surface area contributed by atoms with Gasteiger partial charge in [-0.3, -0.25) is 0 Å². The van der Waals surface area contributed by atoms with E-state index < -0.39 is 0 Å². The molecule has 0 amide bonds. The van der Waals surface area contributed by atoms with E-state index in [0.29, 0.717) is 22.9 Å². The molecule has 4 aromatic rings. The number of aryl methyl sites for hydroxylation is 3. The molecule has 0 saturated carbocycles. The van der Waals surface area contributed by atoms with Crippen LogP contribution in [0.1, 0.15) is 16.7 Å². The van der Waals surface area contributed by atoms with Gasteiger partial charge < -0.3 is 25.0 Å². The van der Waals surface area contributed by atoms with E-state index in [-0.39, 0.29) is 17.2 Å². The molecule has 0 unspecified atom stereocenters. The fraction of sp³-hybridized carbons (Fsp3) is 0.111. The van der Waals surface area contributed by atoms with Crippen molar-refractivity contribution in [1.82, 2.24) is 0 Å². The van der Waals surface area contributed by atoms with E-state index in [1.54, 1.807) is 41.3 Å². The summed E-state index contributed by atoms with van der Waals surface area (Å²) in [5, 5.41) is 31.1. The third-order valence-electron chi connectivity index (χ3n) is 5.11. The molecule has 0 spiro atoms. The highest BCUT2D eigenvalue weighted by Crippen LogP contribution is 2.44. The third-order valence-corrected chi connectivity index (χ3v) is 5.11. The van der Waals surface area contributed by atoms with Crippen LogP contribution in [0, 0.1) is 20.8 Å². The van der Waals surface area contributed by atoms with Crippen molar-refractivity contribution in [2.24, 2.45) is 0 Å². The number of aromatic hydroxyl groups is 3. The van der Waals surface area contributed by atoms with Gasteiger partial charge in [0.05, 0.1) is 11.4 Å². The zero-order valence-electron chi connectivity index (χ0n) is 18.2. The maximum atomic E-state index is 10.7. The quantitative estimate of drug-likeness (QED) is 0.320. The van der Waals surface area contributed by atoms with E-state index in [9.17, 15) is 15.3 Å². The molecule has 4 aromatic carbocycles. The molecule has 162 valence electrons. The fourth-order valence-electron chi connectivity index (χ4n) is 3.64. The number of anilines is 3. The Kier molecular flexibility index (Phi) is 5.65. The van der Waals surface area contributed by atoms with Crippen LogP contribution in [-0.4, -0.2) is 15.3 Å². The largest absolute Gasteiger partial charge is 0.508 e. The minimum atomic E-state index is 0.112. The number of hydrogen-bond acceptors (Lipinski definition) is 5. The van der Waals surface area contributed by atoms with Gasteiger partial charge in [0.1, 0.15) is 28.7 Å². The van der Waals surface area contributed by atoms with Crippen LogP contribution >= 0.6 is 0 Å². The number of nitrogens with zero attached hydrogens (tertiary/aromatic N) is 1. The van der Waals surface area contributed by atoms with E-state index >= 15 is 0 Å². The van der Waals surface area contributed by atoms with E-state index in [1.165, 1.54) is 0 Å². The number of ether oxygens (including phenoxy) is 1. The Bertz CT molecular complexity index is 1190. The smallest absolute Gasteiger partial charge is 0.139 e. The molecule has 0 heterocycles. The predicted molar refractivity (Wildman–Crippen MR) is 127 cm³/mol. The van der Waals surface area contributed by atoms with Gasteiger partial charge in [0.15, 0.2) is 0 Å². The molecule has 0 fully saturated rings. The first-order valence-electron chi connectivity index (χ1n) is 10.3. The van der Waals surface area contributed by atoms with Crippen LogP contribution in [0.15, 0.2) is 78.9 Å². The summed E-state index contributed by atoms with van der Waals surface area (Å²) in [4.78, 5) is 1.80. The lowest BCUT2D eigenvalue weighted by Gasteiger charge is -2.27. The molecule has 0 bridgehead atoms. The van der Waals surface area contributed by atoms with Crippen molar-refractivity contribution in [3.8, 4) is 28.7 Å². The molecule has 5 heteroatoms. The Morgan fingerprint density at radius 1 is 0.562 bits per heavy atom. The van der Waals surface area contributed by atoms with E-state index in [4.69, 9.17) is 4.74 Å². The van der Waals surface area contributed by atoms with Crippen LogP contribution in [0.2, 0.25) is 0 Å². The first kappa shape index (κ1) is 21.1. The first-order valence-corrected chi connectivity index (χ1v) is 10.3. The standard InChI is InChI=1S/C27H25NO4/c1-17-4-10-24(26(30)14-17)28(25-11-5-18(2)15-27(25)31)20-6-8-22(9-7-20)32-23-13-19(3)12-21(29)16-23/h4-16,29-31H,1-3H3. The molecule has 0 aliphatic carbocycles. The Balaban J connectivity index is 1.74. The molecule has 3 N–H and O–H groups in total. The summed E-state index contributed by atoms with van der Waals surface area (Å²) in [6.07, 6.45) is 0. The van der Waals surface area contributed by atoms with Gasteiger partial charge in [-0.15, -0.1) is 0 Å². The van der Waals surface area contributed by atoms with Crippen LogP contribution in [-0.2, 0) is 0 Å². The lowest BCUT2D eigenvalue weighted by Crippen LogP contribution is -2.10. The van der Waals surface area contributed by atoms with Crippen molar-refractivity contribution in [3.63, 3.8) is 0 Å². The summed E-state index contributed by atoms with van der Waals surface area (Å²) < 4.78 is 5.89. The summed E-state index contributed by atoms with van der Waals surface area (Å²) >= 11 is 0. The fourth-order valence-corrected chi connectivity index (χ4v) is 3.64. The predicted octanol–water partition coefficient (Wildman–Crippen LogP) is 6.99. The molecule has 0 radical (unpaired) electrons. The molecule has 32 heavy (non-hydrogen) atoms. The van der Waals surface area contributed by atoms with Gasteiger partial charge in [0.2, 0.25) is 0 Å².